The summed E-state index contributed by atoms with van der Waals surface area (Å²) in [6, 6.07) is 14.3. The molecule has 1 N–H and O–H groups in total. The van der Waals surface area contributed by atoms with Crippen LogP contribution in [0.2, 0.25) is 5.02 Å². The Morgan fingerprint density at radius 1 is 1.10 bits per heavy atom. The van der Waals surface area contributed by atoms with Gasteiger partial charge in [-0.1, -0.05) is 35.9 Å². The Labute approximate surface area is 132 Å². The summed E-state index contributed by atoms with van der Waals surface area (Å²) in [5.41, 5.74) is 3.46. The van der Waals surface area contributed by atoms with E-state index in [1.54, 1.807) is 0 Å². The summed E-state index contributed by atoms with van der Waals surface area (Å²) in [4.78, 5) is 0. The maximum absolute atomic E-state index is 6.25. The summed E-state index contributed by atoms with van der Waals surface area (Å²) in [5.74, 6) is 0.891. The Kier molecular flexibility index (Phi) is 5.27. The van der Waals surface area contributed by atoms with Gasteiger partial charge in [0.05, 0.1) is 12.1 Å². The average molecular weight is 304 g/mol. The van der Waals surface area contributed by atoms with Crippen LogP contribution in [0.25, 0.3) is 0 Å². The van der Waals surface area contributed by atoms with Crippen LogP contribution in [0.15, 0.2) is 42.5 Å². The van der Waals surface area contributed by atoms with Crippen LogP contribution < -0.4 is 10.1 Å². The zero-order valence-electron chi connectivity index (χ0n) is 13.0. The fourth-order valence-electron chi connectivity index (χ4n) is 2.48. The van der Waals surface area contributed by atoms with Gasteiger partial charge in [-0.15, -0.1) is 0 Å². The molecule has 3 heteroatoms. The summed E-state index contributed by atoms with van der Waals surface area (Å²) in [6.45, 7) is 6.11. The molecule has 2 aromatic rings. The SMILES string of the molecule is CNC(c1cccc(OC(C)C)c1)c1cccc(Cl)c1C. The number of nitrogens with one attached hydrogen (secondary N) is 1. The first-order chi connectivity index (χ1) is 10.0. The van der Waals surface area contributed by atoms with E-state index in [9.17, 15) is 0 Å². The number of hydrogen-bond donors (Lipinski definition) is 1. The molecular formula is C18H22ClNO. The third kappa shape index (κ3) is 3.78. The first-order valence-corrected chi connectivity index (χ1v) is 7.59. The average Bonchev–Trinajstić information content (AvgIpc) is 2.44. The second kappa shape index (κ2) is 6.97. The van der Waals surface area contributed by atoms with E-state index in [0.29, 0.717) is 0 Å². The predicted molar refractivity (Wildman–Crippen MR) is 89.3 cm³/mol. The Bertz CT molecular complexity index is 610. The van der Waals surface area contributed by atoms with Crippen LogP contribution in [0.1, 0.15) is 36.6 Å². The Morgan fingerprint density at radius 3 is 2.48 bits per heavy atom. The third-order valence-corrected chi connectivity index (χ3v) is 3.88. The van der Waals surface area contributed by atoms with E-state index in [1.807, 2.05) is 45.2 Å². The number of rotatable bonds is 5. The smallest absolute Gasteiger partial charge is 0.120 e. The lowest BCUT2D eigenvalue weighted by molar-refractivity contribution is 0.242. The number of benzene rings is 2. The summed E-state index contributed by atoms with van der Waals surface area (Å²) >= 11 is 6.25. The first kappa shape index (κ1) is 15.9. The van der Waals surface area contributed by atoms with E-state index in [0.717, 1.165) is 16.3 Å². The van der Waals surface area contributed by atoms with Crippen molar-refractivity contribution in [3.63, 3.8) is 0 Å². The molecular weight excluding hydrogens is 282 g/mol. The van der Waals surface area contributed by atoms with Crippen LogP contribution in [0.3, 0.4) is 0 Å². The van der Waals surface area contributed by atoms with Gasteiger partial charge in [0.25, 0.3) is 0 Å². The van der Waals surface area contributed by atoms with Gasteiger partial charge in [0.2, 0.25) is 0 Å². The summed E-state index contributed by atoms with van der Waals surface area (Å²) in [6.07, 6.45) is 0.168. The molecule has 112 valence electrons. The van der Waals surface area contributed by atoms with Crippen LogP contribution >= 0.6 is 11.6 Å². The molecule has 2 nitrogen and oxygen atoms in total. The van der Waals surface area contributed by atoms with Crippen molar-refractivity contribution in [3.05, 3.63) is 64.2 Å². The van der Waals surface area contributed by atoms with Crippen molar-refractivity contribution in [2.75, 3.05) is 7.05 Å². The van der Waals surface area contributed by atoms with Crippen molar-refractivity contribution in [2.45, 2.75) is 32.9 Å². The zero-order chi connectivity index (χ0) is 15.4. The molecule has 0 fully saturated rings. The number of hydrogen-bond acceptors (Lipinski definition) is 2. The molecule has 0 saturated carbocycles. The molecule has 0 bridgehead atoms. The number of halogens is 1. The van der Waals surface area contributed by atoms with Crippen LogP contribution in [0, 0.1) is 6.92 Å². The van der Waals surface area contributed by atoms with E-state index in [1.165, 1.54) is 11.1 Å². The Hall–Kier alpha value is -1.51. The maximum Gasteiger partial charge on any atom is 0.120 e. The highest BCUT2D eigenvalue weighted by molar-refractivity contribution is 6.31. The monoisotopic (exact) mass is 303 g/mol. The van der Waals surface area contributed by atoms with E-state index < -0.39 is 0 Å². The minimum atomic E-state index is 0.0967. The van der Waals surface area contributed by atoms with Gasteiger partial charge in [-0.25, -0.2) is 0 Å². The van der Waals surface area contributed by atoms with Crippen molar-refractivity contribution in [1.82, 2.24) is 5.32 Å². The molecule has 0 radical (unpaired) electrons. The molecule has 1 atom stereocenters. The van der Waals surface area contributed by atoms with E-state index >= 15 is 0 Å². The largest absolute Gasteiger partial charge is 0.491 e. The molecule has 0 aliphatic heterocycles. The topological polar surface area (TPSA) is 21.3 Å². The second-order valence-electron chi connectivity index (χ2n) is 5.41. The van der Waals surface area contributed by atoms with E-state index in [4.69, 9.17) is 16.3 Å². The molecule has 0 saturated heterocycles. The molecule has 0 aliphatic rings. The molecule has 0 spiro atoms. The molecule has 21 heavy (non-hydrogen) atoms. The highest BCUT2D eigenvalue weighted by atomic mass is 35.5. The van der Waals surface area contributed by atoms with Crippen molar-refractivity contribution in [3.8, 4) is 5.75 Å². The molecule has 2 aromatic carbocycles. The first-order valence-electron chi connectivity index (χ1n) is 7.21. The molecule has 0 amide bonds. The fourth-order valence-corrected chi connectivity index (χ4v) is 2.66. The van der Waals surface area contributed by atoms with Gasteiger partial charge in [0, 0.05) is 5.02 Å². The van der Waals surface area contributed by atoms with Gasteiger partial charge >= 0.3 is 0 Å². The molecule has 0 heterocycles. The van der Waals surface area contributed by atoms with Crippen molar-refractivity contribution in [1.29, 1.82) is 0 Å². The lowest BCUT2D eigenvalue weighted by atomic mass is 9.95. The summed E-state index contributed by atoms with van der Waals surface area (Å²) in [7, 11) is 1.96. The summed E-state index contributed by atoms with van der Waals surface area (Å²) in [5, 5.41) is 4.16. The molecule has 1 unspecified atom stereocenters. The lowest BCUT2D eigenvalue weighted by Crippen LogP contribution is -2.19. The Balaban J connectivity index is 2.39. The van der Waals surface area contributed by atoms with Crippen LogP contribution in [0.4, 0.5) is 0 Å². The highest BCUT2D eigenvalue weighted by Crippen LogP contribution is 2.30. The maximum atomic E-state index is 6.25. The number of ether oxygens (including phenoxy) is 1. The predicted octanol–water partition coefficient (Wildman–Crippen LogP) is 4.74. The van der Waals surface area contributed by atoms with Crippen LogP contribution in [0.5, 0.6) is 5.75 Å². The second-order valence-corrected chi connectivity index (χ2v) is 5.82. The quantitative estimate of drug-likeness (QED) is 0.861. The molecule has 0 aromatic heterocycles. The van der Waals surface area contributed by atoms with Gasteiger partial charge in [-0.3, -0.25) is 0 Å². The molecule has 2 rings (SSSR count). The van der Waals surface area contributed by atoms with Crippen LogP contribution in [-0.4, -0.2) is 13.2 Å². The van der Waals surface area contributed by atoms with Crippen molar-refractivity contribution >= 4 is 11.6 Å². The highest BCUT2D eigenvalue weighted by Gasteiger charge is 2.16. The third-order valence-electron chi connectivity index (χ3n) is 3.47. The van der Waals surface area contributed by atoms with Gasteiger partial charge < -0.3 is 10.1 Å². The van der Waals surface area contributed by atoms with Crippen molar-refractivity contribution in [2.24, 2.45) is 0 Å². The van der Waals surface area contributed by atoms with E-state index in [-0.39, 0.29) is 12.1 Å². The normalized spacial score (nSPS) is 12.5. The fraction of sp³-hybridized carbons (Fsp3) is 0.333. The standard InChI is InChI=1S/C18H22ClNO/c1-12(2)21-15-8-5-7-14(11-15)18(20-4)16-9-6-10-17(19)13(16)3/h5-12,18,20H,1-4H3. The minimum absolute atomic E-state index is 0.0967. The molecule has 0 aliphatic carbocycles. The zero-order valence-corrected chi connectivity index (χ0v) is 13.7. The van der Waals surface area contributed by atoms with Crippen molar-refractivity contribution < 1.29 is 4.74 Å². The van der Waals surface area contributed by atoms with E-state index in [2.05, 4.69) is 30.4 Å². The van der Waals surface area contributed by atoms with Crippen LogP contribution in [-0.2, 0) is 0 Å². The summed E-state index contributed by atoms with van der Waals surface area (Å²) < 4.78 is 5.79. The van der Waals surface area contributed by atoms with Gasteiger partial charge in [0.15, 0.2) is 0 Å². The van der Waals surface area contributed by atoms with Gasteiger partial charge in [-0.2, -0.15) is 0 Å². The minimum Gasteiger partial charge on any atom is -0.491 e. The van der Waals surface area contributed by atoms with Gasteiger partial charge in [0.1, 0.15) is 5.75 Å². The Morgan fingerprint density at radius 2 is 1.81 bits per heavy atom. The van der Waals surface area contributed by atoms with Gasteiger partial charge in [-0.05, 0) is 62.7 Å². The lowest BCUT2D eigenvalue weighted by Gasteiger charge is -2.21.